The molecule has 4 rings (SSSR count). The van der Waals surface area contributed by atoms with Gasteiger partial charge in [0.1, 0.15) is 18.5 Å². The molecule has 16 heteroatoms. The Hall–Kier alpha value is -5.42. The summed E-state index contributed by atoms with van der Waals surface area (Å²) in [5.41, 5.74) is 3.10. The number of hydrogen-bond acceptors (Lipinski definition) is 12. The van der Waals surface area contributed by atoms with Gasteiger partial charge in [0.25, 0.3) is 11.7 Å². The van der Waals surface area contributed by atoms with E-state index in [2.05, 4.69) is 16.0 Å². The van der Waals surface area contributed by atoms with Gasteiger partial charge in [-0.15, -0.1) is 0 Å². The predicted molar refractivity (Wildman–Crippen MR) is 209 cm³/mol. The van der Waals surface area contributed by atoms with Crippen LogP contribution in [0.3, 0.4) is 0 Å². The van der Waals surface area contributed by atoms with E-state index in [-0.39, 0.29) is 50.3 Å². The summed E-state index contributed by atoms with van der Waals surface area (Å²) >= 11 is 0. The molecular formula is C42H54FN3O12. The van der Waals surface area contributed by atoms with Crippen LogP contribution in [-0.4, -0.2) is 104 Å². The number of esters is 2. The molecule has 3 amide bonds. The third kappa shape index (κ3) is 15.5. The van der Waals surface area contributed by atoms with E-state index in [9.17, 15) is 33.5 Å². The van der Waals surface area contributed by atoms with Crippen molar-refractivity contribution in [1.29, 1.82) is 0 Å². The number of amides is 3. The lowest BCUT2D eigenvalue weighted by Gasteiger charge is -2.46. The number of aliphatic hydroxyl groups excluding tert-OH is 2. The van der Waals surface area contributed by atoms with Gasteiger partial charge in [-0.25, -0.2) is 14.0 Å². The van der Waals surface area contributed by atoms with Crippen molar-refractivity contribution in [2.24, 2.45) is 0 Å². The first-order valence-corrected chi connectivity index (χ1v) is 19.0. The molecule has 3 aromatic carbocycles. The van der Waals surface area contributed by atoms with Crippen LogP contribution in [0.5, 0.6) is 0 Å². The van der Waals surface area contributed by atoms with E-state index in [0.717, 1.165) is 16.7 Å². The Balaban J connectivity index is 0.000000375. The molecule has 0 radical (unpaired) electrons. The number of unbranched alkanes of at least 4 members (excludes halogenated alkanes) is 2. The van der Waals surface area contributed by atoms with Gasteiger partial charge in [-0.3, -0.25) is 14.4 Å². The van der Waals surface area contributed by atoms with Crippen molar-refractivity contribution in [3.8, 4) is 11.1 Å². The van der Waals surface area contributed by atoms with Crippen LogP contribution in [0.25, 0.3) is 11.1 Å². The molecule has 316 valence electrons. The maximum atomic E-state index is 12.9. The van der Waals surface area contributed by atoms with Crippen molar-refractivity contribution in [3.63, 3.8) is 0 Å². The lowest BCUT2D eigenvalue weighted by atomic mass is 9.90. The Morgan fingerprint density at radius 1 is 0.914 bits per heavy atom. The van der Waals surface area contributed by atoms with Gasteiger partial charge in [0.15, 0.2) is 0 Å². The number of aliphatic hydroxyl groups is 2. The van der Waals surface area contributed by atoms with E-state index in [4.69, 9.17) is 28.8 Å². The molecule has 0 bridgehead atoms. The molecule has 15 nitrogen and oxygen atoms in total. The Morgan fingerprint density at radius 3 is 2.16 bits per heavy atom. The zero-order chi connectivity index (χ0) is 42.5. The SMILES string of the molecule is CCOC(=O)CCCCCO[C@]1(C(=O)OC)C[C@H](NC(=O)OCc2ccccc2)C(NC(C)=O)[C@H](CO)O1.C[C@H](O)CNC(=O)c1ccc(-c2ccc(F)cc2)cc1. The molecule has 5 N–H and O–H groups in total. The maximum Gasteiger partial charge on any atom is 0.407 e. The van der Waals surface area contributed by atoms with Gasteiger partial charge in [-0.05, 0) is 67.6 Å². The van der Waals surface area contributed by atoms with E-state index >= 15 is 0 Å². The minimum atomic E-state index is -1.95. The van der Waals surface area contributed by atoms with Crippen LogP contribution < -0.4 is 16.0 Å². The molecule has 1 heterocycles. The molecule has 0 aromatic heterocycles. The number of carbonyl (C=O) groups excluding carboxylic acids is 5. The van der Waals surface area contributed by atoms with Crippen molar-refractivity contribution in [1.82, 2.24) is 16.0 Å². The smallest absolute Gasteiger partial charge is 0.407 e. The first-order valence-electron chi connectivity index (χ1n) is 19.0. The van der Waals surface area contributed by atoms with Crippen molar-refractivity contribution < 1.29 is 62.3 Å². The van der Waals surface area contributed by atoms with E-state index in [0.29, 0.717) is 31.4 Å². The van der Waals surface area contributed by atoms with E-state index in [1.807, 2.05) is 30.3 Å². The van der Waals surface area contributed by atoms with Crippen molar-refractivity contribution in [3.05, 3.63) is 95.8 Å². The van der Waals surface area contributed by atoms with Gasteiger partial charge in [0.2, 0.25) is 5.91 Å². The van der Waals surface area contributed by atoms with Crippen molar-refractivity contribution in [2.75, 3.05) is 33.5 Å². The van der Waals surface area contributed by atoms with Crippen LogP contribution in [-0.2, 0) is 44.7 Å². The summed E-state index contributed by atoms with van der Waals surface area (Å²) < 4.78 is 39.8. The van der Waals surface area contributed by atoms with E-state index in [1.54, 1.807) is 50.2 Å². The zero-order valence-corrected chi connectivity index (χ0v) is 33.2. The first-order chi connectivity index (χ1) is 27.8. The van der Waals surface area contributed by atoms with E-state index < -0.39 is 54.7 Å². The molecule has 1 aliphatic rings. The minimum absolute atomic E-state index is 0.00850. The minimum Gasteiger partial charge on any atom is -0.466 e. The summed E-state index contributed by atoms with van der Waals surface area (Å²) in [7, 11) is 1.17. The number of benzene rings is 3. The average Bonchev–Trinajstić information content (AvgIpc) is 3.21. The molecule has 1 aliphatic heterocycles. The number of carbonyl (C=O) groups is 5. The molecule has 5 atom stereocenters. The molecule has 1 saturated heterocycles. The highest BCUT2D eigenvalue weighted by molar-refractivity contribution is 5.94. The summed E-state index contributed by atoms with van der Waals surface area (Å²) in [6.07, 6.45) is -0.703. The lowest BCUT2D eigenvalue weighted by Crippen LogP contribution is -2.68. The van der Waals surface area contributed by atoms with Crippen LogP contribution in [0.15, 0.2) is 78.9 Å². The molecule has 0 aliphatic carbocycles. The number of rotatable bonds is 18. The van der Waals surface area contributed by atoms with Gasteiger partial charge in [-0.1, -0.05) is 61.0 Å². The number of hydrogen-bond donors (Lipinski definition) is 5. The van der Waals surface area contributed by atoms with Crippen LogP contribution in [0, 0.1) is 5.82 Å². The Labute approximate surface area is 337 Å². The van der Waals surface area contributed by atoms with E-state index in [1.165, 1.54) is 26.2 Å². The van der Waals surface area contributed by atoms with Crippen molar-refractivity contribution in [2.45, 2.75) is 89.6 Å². The fourth-order valence-electron chi connectivity index (χ4n) is 5.93. The fourth-order valence-corrected chi connectivity index (χ4v) is 5.93. The normalized spacial score (nSPS) is 19.0. The predicted octanol–water partition coefficient (Wildman–Crippen LogP) is 4.18. The topological polar surface area (TPSA) is 208 Å². The highest BCUT2D eigenvalue weighted by Gasteiger charge is 2.54. The third-order valence-corrected chi connectivity index (χ3v) is 8.78. The van der Waals surface area contributed by atoms with Gasteiger partial charge in [0, 0.05) is 31.9 Å². The highest BCUT2D eigenvalue weighted by Crippen LogP contribution is 2.33. The molecule has 1 unspecified atom stereocenters. The van der Waals surface area contributed by atoms with Gasteiger partial charge in [0.05, 0.1) is 45.1 Å². The Bertz CT molecular complexity index is 1740. The lowest BCUT2D eigenvalue weighted by molar-refractivity contribution is -0.289. The van der Waals surface area contributed by atoms with Crippen LogP contribution in [0.4, 0.5) is 9.18 Å². The van der Waals surface area contributed by atoms with Crippen LogP contribution in [0.2, 0.25) is 0 Å². The molecule has 0 saturated carbocycles. The first kappa shape index (κ1) is 47.0. The second kappa shape index (κ2) is 24.4. The quantitative estimate of drug-likeness (QED) is 0.0697. The summed E-state index contributed by atoms with van der Waals surface area (Å²) in [5.74, 6) is -4.00. The largest absolute Gasteiger partial charge is 0.466 e. The summed E-state index contributed by atoms with van der Waals surface area (Å²) in [6, 6.07) is 20.5. The van der Waals surface area contributed by atoms with Gasteiger partial charge in [-0.2, -0.15) is 0 Å². The van der Waals surface area contributed by atoms with Crippen LogP contribution >= 0.6 is 0 Å². The number of halogens is 1. The second-order valence-corrected chi connectivity index (χ2v) is 13.4. The number of ether oxygens (including phenoxy) is 5. The molecule has 0 spiro atoms. The summed E-state index contributed by atoms with van der Waals surface area (Å²) in [6.45, 7) is 4.68. The Morgan fingerprint density at radius 2 is 1.57 bits per heavy atom. The fraction of sp³-hybridized carbons (Fsp3) is 0.452. The maximum absolute atomic E-state index is 12.9. The summed E-state index contributed by atoms with van der Waals surface area (Å²) in [4.78, 5) is 60.7. The average molecular weight is 812 g/mol. The number of methoxy groups -OCH3 is 1. The Kier molecular flexibility index (Phi) is 19.7. The standard InChI is InChI=1S/C26H38N2O10.C16H16FNO2/c1-4-35-22(31)13-9-6-10-14-37-26(24(32)34-3)15-20(23(27-18(2)30)21(16-29)38-26)28-25(33)36-17-19-11-7-5-8-12-19;1-11(19)10-18-16(20)14-4-2-12(3-5-14)13-6-8-15(17)9-7-13/h5,7-8,11-12,20-21,23,29H,4,6,9-10,13-17H2,1-3H3,(H,27,30)(H,28,33);2-9,11,19H,10H2,1H3,(H,18,20)/t20-,21-,23?,26+;11-/m00/s1. The van der Waals surface area contributed by atoms with Crippen molar-refractivity contribution >= 4 is 29.8 Å². The summed E-state index contributed by atoms with van der Waals surface area (Å²) in [5, 5.41) is 27.1. The van der Waals surface area contributed by atoms with Gasteiger partial charge < -0.3 is 49.8 Å². The molecular weight excluding hydrogens is 757 g/mol. The highest BCUT2D eigenvalue weighted by atomic mass is 19.1. The van der Waals surface area contributed by atoms with Crippen LogP contribution in [0.1, 0.15) is 68.8 Å². The molecule has 58 heavy (non-hydrogen) atoms. The second-order valence-electron chi connectivity index (χ2n) is 13.4. The number of alkyl carbamates (subject to hydrolysis) is 1. The zero-order valence-electron chi connectivity index (χ0n) is 33.2. The van der Waals surface area contributed by atoms with Gasteiger partial charge >= 0.3 is 18.0 Å². The third-order valence-electron chi connectivity index (χ3n) is 8.78. The monoisotopic (exact) mass is 811 g/mol. The molecule has 3 aromatic rings. The number of nitrogens with one attached hydrogen (secondary N) is 3. The molecule has 1 fully saturated rings.